The van der Waals surface area contributed by atoms with Crippen molar-refractivity contribution in [3.8, 4) is 0 Å². The summed E-state index contributed by atoms with van der Waals surface area (Å²) >= 11 is 0. The smallest absolute Gasteiger partial charge is 0.251 e. The van der Waals surface area contributed by atoms with Crippen molar-refractivity contribution in [1.82, 2.24) is 5.32 Å². The molecule has 0 fully saturated rings. The molecule has 0 bridgehead atoms. The van der Waals surface area contributed by atoms with Gasteiger partial charge in [0.25, 0.3) is 5.91 Å². The predicted octanol–water partition coefficient (Wildman–Crippen LogP) is 4.42. The van der Waals surface area contributed by atoms with Crippen LogP contribution in [0.5, 0.6) is 0 Å². The van der Waals surface area contributed by atoms with E-state index >= 15 is 0 Å². The summed E-state index contributed by atoms with van der Waals surface area (Å²) in [5.74, 6) is -0.163. The number of carbonyl (C=O) groups is 2. The lowest BCUT2D eigenvalue weighted by atomic mass is 9.85. The molecule has 0 aliphatic rings. The molecule has 0 aromatic heterocycles. The first-order chi connectivity index (χ1) is 12.4. The number of aryl methyl sites for hydroxylation is 1. The monoisotopic (exact) mass is 352 g/mol. The van der Waals surface area contributed by atoms with E-state index in [9.17, 15) is 9.59 Å². The average Bonchev–Trinajstić information content (AvgIpc) is 2.63. The molecule has 0 saturated carbocycles. The molecule has 0 aliphatic carbocycles. The zero-order chi connectivity index (χ0) is 19.0. The SMILES string of the molecule is CCNC(=O)c1cccc(NC(=O)C(C)(C)CCCc2ccccc2)c1. The van der Waals surface area contributed by atoms with Crippen LogP contribution in [0.2, 0.25) is 0 Å². The van der Waals surface area contributed by atoms with Crippen LogP contribution in [0, 0.1) is 5.41 Å². The lowest BCUT2D eigenvalue weighted by Crippen LogP contribution is -2.31. The van der Waals surface area contributed by atoms with Gasteiger partial charge in [-0.3, -0.25) is 9.59 Å². The van der Waals surface area contributed by atoms with Crippen LogP contribution in [0.3, 0.4) is 0 Å². The number of carbonyl (C=O) groups excluding carboxylic acids is 2. The van der Waals surface area contributed by atoms with Gasteiger partial charge in [-0.1, -0.05) is 50.2 Å². The zero-order valence-corrected chi connectivity index (χ0v) is 15.8. The third-order valence-electron chi connectivity index (χ3n) is 4.44. The average molecular weight is 352 g/mol. The third kappa shape index (κ3) is 5.73. The van der Waals surface area contributed by atoms with Gasteiger partial charge in [0.05, 0.1) is 0 Å². The van der Waals surface area contributed by atoms with Crippen LogP contribution >= 0.6 is 0 Å². The molecule has 0 heterocycles. The first-order valence-corrected chi connectivity index (χ1v) is 9.16. The van der Waals surface area contributed by atoms with Crippen LogP contribution in [0.4, 0.5) is 5.69 Å². The van der Waals surface area contributed by atoms with Crippen molar-refractivity contribution in [2.75, 3.05) is 11.9 Å². The highest BCUT2D eigenvalue weighted by Crippen LogP contribution is 2.26. The highest BCUT2D eigenvalue weighted by Gasteiger charge is 2.27. The molecule has 26 heavy (non-hydrogen) atoms. The van der Waals surface area contributed by atoms with Crippen LogP contribution in [-0.2, 0) is 11.2 Å². The van der Waals surface area contributed by atoms with Gasteiger partial charge in [0.1, 0.15) is 0 Å². The second kappa shape index (κ2) is 9.18. The molecule has 2 aromatic rings. The van der Waals surface area contributed by atoms with Crippen molar-refractivity contribution in [3.05, 3.63) is 65.7 Å². The summed E-state index contributed by atoms with van der Waals surface area (Å²) < 4.78 is 0. The fraction of sp³-hybridized carbons (Fsp3) is 0.364. The number of rotatable bonds is 8. The van der Waals surface area contributed by atoms with Gasteiger partial charge in [0.2, 0.25) is 5.91 Å². The van der Waals surface area contributed by atoms with Gasteiger partial charge < -0.3 is 10.6 Å². The molecule has 0 radical (unpaired) electrons. The van der Waals surface area contributed by atoms with E-state index in [2.05, 4.69) is 22.8 Å². The van der Waals surface area contributed by atoms with Crippen molar-refractivity contribution < 1.29 is 9.59 Å². The molecule has 2 aromatic carbocycles. The summed E-state index contributed by atoms with van der Waals surface area (Å²) in [6.07, 6.45) is 2.71. The Bertz CT molecular complexity index is 739. The molecule has 0 saturated heterocycles. The molecule has 0 spiro atoms. The maximum atomic E-state index is 12.7. The van der Waals surface area contributed by atoms with Crippen molar-refractivity contribution in [2.45, 2.75) is 40.0 Å². The van der Waals surface area contributed by atoms with Gasteiger partial charge in [-0.25, -0.2) is 0 Å². The second-order valence-corrected chi connectivity index (χ2v) is 7.12. The third-order valence-corrected chi connectivity index (χ3v) is 4.44. The Kier molecular flexibility index (Phi) is 6.96. The van der Waals surface area contributed by atoms with Crippen LogP contribution < -0.4 is 10.6 Å². The molecule has 4 heteroatoms. The van der Waals surface area contributed by atoms with E-state index in [0.717, 1.165) is 19.3 Å². The van der Waals surface area contributed by atoms with Crippen LogP contribution in [0.1, 0.15) is 49.5 Å². The van der Waals surface area contributed by atoms with Gasteiger partial charge in [-0.2, -0.15) is 0 Å². The van der Waals surface area contributed by atoms with Crippen LogP contribution in [-0.4, -0.2) is 18.4 Å². The van der Waals surface area contributed by atoms with Crippen LogP contribution in [0.25, 0.3) is 0 Å². The fourth-order valence-corrected chi connectivity index (χ4v) is 2.79. The lowest BCUT2D eigenvalue weighted by Gasteiger charge is -2.23. The first kappa shape index (κ1) is 19.7. The van der Waals surface area contributed by atoms with Crippen molar-refractivity contribution in [1.29, 1.82) is 0 Å². The van der Waals surface area contributed by atoms with E-state index in [1.807, 2.05) is 39.0 Å². The van der Waals surface area contributed by atoms with E-state index in [4.69, 9.17) is 0 Å². The minimum atomic E-state index is -0.476. The van der Waals surface area contributed by atoms with E-state index in [1.54, 1.807) is 24.3 Å². The number of amides is 2. The maximum Gasteiger partial charge on any atom is 0.251 e. The highest BCUT2D eigenvalue weighted by atomic mass is 16.2. The Morgan fingerprint density at radius 2 is 1.73 bits per heavy atom. The standard InChI is InChI=1S/C22H28N2O2/c1-4-23-20(25)18-13-8-14-19(16-18)24-21(26)22(2,3)15-9-12-17-10-6-5-7-11-17/h5-8,10-11,13-14,16H,4,9,12,15H2,1-3H3,(H,23,25)(H,24,26). The number of benzene rings is 2. The summed E-state index contributed by atoms with van der Waals surface area (Å²) in [5, 5.41) is 5.71. The number of hydrogen-bond donors (Lipinski definition) is 2. The van der Waals surface area contributed by atoms with Crippen molar-refractivity contribution in [2.24, 2.45) is 5.41 Å². The normalized spacial score (nSPS) is 11.0. The molecule has 0 atom stereocenters. The Balaban J connectivity index is 1.92. The van der Waals surface area contributed by atoms with Gasteiger partial charge >= 0.3 is 0 Å². The predicted molar refractivity (Wildman–Crippen MR) is 106 cm³/mol. The quantitative estimate of drug-likeness (QED) is 0.739. The molecular weight excluding hydrogens is 324 g/mol. The van der Waals surface area contributed by atoms with E-state index in [0.29, 0.717) is 17.8 Å². The molecule has 0 unspecified atom stereocenters. The Hall–Kier alpha value is -2.62. The molecule has 2 N–H and O–H groups in total. The molecule has 2 rings (SSSR count). The van der Waals surface area contributed by atoms with Crippen LogP contribution in [0.15, 0.2) is 54.6 Å². The maximum absolute atomic E-state index is 12.7. The topological polar surface area (TPSA) is 58.2 Å². The summed E-state index contributed by atoms with van der Waals surface area (Å²) in [6.45, 7) is 6.37. The fourth-order valence-electron chi connectivity index (χ4n) is 2.79. The highest BCUT2D eigenvalue weighted by molar-refractivity contribution is 5.98. The van der Waals surface area contributed by atoms with E-state index < -0.39 is 5.41 Å². The molecule has 2 amide bonds. The van der Waals surface area contributed by atoms with Crippen molar-refractivity contribution >= 4 is 17.5 Å². The minimum absolute atomic E-state index is 0.0291. The Morgan fingerprint density at radius 1 is 1.00 bits per heavy atom. The largest absolute Gasteiger partial charge is 0.352 e. The van der Waals surface area contributed by atoms with E-state index in [-0.39, 0.29) is 11.8 Å². The van der Waals surface area contributed by atoms with Crippen molar-refractivity contribution in [3.63, 3.8) is 0 Å². The van der Waals surface area contributed by atoms with Gasteiger partial charge in [0.15, 0.2) is 0 Å². The Morgan fingerprint density at radius 3 is 2.42 bits per heavy atom. The number of hydrogen-bond acceptors (Lipinski definition) is 2. The first-order valence-electron chi connectivity index (χ1n) is 9.16. The summed E-state index contributed by atoms with van der Waals surface area (Å²) in [6, 6.07) is 17.3. The summed E-state index contributed by atoms with van der Waals surface area (Å²) in [4.78, 5) is 24.6. The molecule has 4 nitrogen and oxygen atoms in total. The number of anilines is 1. The summed E-state index contributed by atoms with van der Waals surface area (Å²) in [5.41, 5.74) is 2.01. The van der Waals surface area contributed by atoms with Gasteiger partial charge in [-0.05, 0) is 49.9 Å². The summed E-state index contributed by atoms with van der Waals surface area (Å²) in [7, 11) is 0. The minimum Gasteiger partial charge on any atom is -0.352 e. The molecular formula is C22H28N2O2. The zero-order valence-electron chi connectivity index (χ0n) is 15.8. The van der Waals surface area contributed by atoms with Gasteiger partial charge in [-0.15, -0.1) is 0 Å². The molecule has 0 aliphatic heterocycles. The molecule has 138 valence electrons. The second-order valence-electron chi connectivity index (χ2n) is 7.12. The Labute approximate surface area is 156 Å². The van der Waals surface area contributed by atoms with E-state index in [1.165, 1.54) is 5.56 Å². The number of nitrogens with one attached hydrogen (secondary N) is 2. The lowest BCUT2D eigenvalue weighted by molar-refractivity contribution is -0.124. The van der Waals surface area contributed by atoms with Gasteiger partial charge in [0, 0.05) is 23.2 Å².